The summed E-state index contributed by atoms with van der Waals surface area (Å²) in [6, 6.07) is 0. The lowest BCUT2D eigenvalue weighted by molar-refractivity contribution is 0.109. The Labute approximate surface area is 118 Å². The smallest absolute Gasteiger partial charge is 0.180 e. The zero-order chi connectivity index (χ0) is 13.9. The van der Waals surface area contributed by atoms with Crippen LogP contribution in [0.5, 0.6) is 0 Å². The molecule has 0 aromatic carbocycles. The maximum absolute atomic E-state index is 5.52. The van der Waals surface area contributed by atoms with Crippen molar-refractivity contribution in [1.29, 1.82) is 0 Å². The molecule has 1 aliphatic rings. The van der Waals surface area contributed by atoms with Gasteiger partial charge in [0, 0.05) is 25.1 Å². The standard InChI is InChI=1S/C14H19N5O/c1-3-16-13-10-8-20-6-5-11(10)17-14(18-13)12-7-15-9-19(12)4-2/h7,9H,3-6,8H2,1-2H3,(H,16,17,18). The number of hydrogen-bond acceptors (Lipinski definition) is 5. The Kier molecular flexibility index (Phi) is 3.64. The number of aromatic nitrogens is 4. The molecule has 0 unspecified atom stereocenters. The number of anilines is 1. The first kappa shape index (κ1) is 13.1. The summed E-state index contributed by atoms with van der Waals surface area (Å²) in [5, 5.41) is 3.31. The van der Waals surface area contributed by atoms with E-state index in [0.29, 0.717) is 6.61 Å². The van der Waals surface area contributed by atoms with Gasteiger partial charge in [0.15, 0.2) is 5.82 Å². The van der Waals surface area contributed by atoms with Crippen LogP contribution in [0.15, 0.2) is 12.5 Å². The van der Waals surface area contributed by atoms with E-state index < -0.39 is 0 Å². The second-order valence-electron chi connectivity index (χ2n) is 4.72. The fourth-order valence-electron chi connectivity index (χ4n) is 2.42. The van der Waals surface area contributed by atoms with Crippen molar-refractivity contribution >= 4 is 5.82 Å². The summed E-state index contributed by atoms with van der Waals surface area (Å²) >= 11 is 0. The Morgan fingerprint density at radius 1 is 1.35 bits per heavy atom. The van der Waals surface area contributed by atoms with Crippen molar-refractivity contribution in [3.8, 4) is 11.5 Å². The van der Waals surface area contributed by atoms with Gasteiger partial charge in [-0.3, -0.25) is 0 Å². The summed E-state index contributed by atoms with van der Waals surface area (Å²) in [4.78, 5) is 13.6. The maximum atomic E-state index is 5.52. The highest BCUT2D eigenvalue weighted by Crippen LogP contribution is 2.26. The number of ether oxygens (including phenoxy) is 1. The molecule has 106 valence electrons. The Balaban J connectivity index is 2.10. The van der Waals surface area contributed by atoms with E-state index in [-0.39, 0.29) is 0 Å². The highest BCUT2D eigenvalue weighted by atomic mass is 16.5. The largest absolute Gasteiger partial charge is 0.376 e. The summed E-state index contributed by atoms with van der Waals surface area (Å²) in [6.45, 7) is 7.15. The fourth-order valence-corrected chi connectivity index (χ4v) is 2.42. The molecule has 0 saturated heterocycles. The van der Waals surface area contributed by atoms with Crippen LogP contribution in [0.25, 0.3) is 11.5 Å². The minimum atomic E-state index is 0.588. The molecule has 6 nitrogen and oxygen atoms in total. The lowest BCUT2D eigenvalue weighted by Crippen LogP contribution is -2.17. The molecule has 2 aromatic heterocycles. The minimum Gasteiger partial charge on any atom is -0.376 e. The number of aryl methyl sites for hydroxylation is 1. The molecule has 0 bridgehead atoms. The predicted octanol–water partition coefficient (Wildman–Crippen LogP) is 1.86. The fraction of sp³-hybridized carbons (Fsp3) is 0.500. The highest BCUT2D eigenvalue weighted by molar-refractivity contribution is 5.57. The van der Waals surface area contributed by atoms with Crippen molar-refractivity contribution < 1.29 is 4.74 Å². The van der Waals surface area contributed by atoms with Crippen LogP contribution in [-0.4, -0.2) is 32.7 Å². The first-order valence-corrected chi connectivity index (χ1v) is 7.05. The third-order valence-corrected chi connectivity index (χ3v) is 3.45. The van der Waals surface area contributed by atoms with Gasteiger partial charge >= 0.3 is 0 Å². The lowest BCUT2D eigenvalue weighted by Gasteiger charge is -2.20. The van der Waals surface area contributed by atoms with Gasteiger partial charge in [0.05, 0.1) is 31.4 Å². The molecule has 2 aromatic rings. The molecule has 1 N–H and O–H groups in total. The van der Waals surface area contributed by atoms with Crippen LogP contribution in [0, 0.1) is 0 Å². The molecular weight excluding hydrogens is 254 g/mol. The van der Waals surface area contributed by atoms with Gasteiger partial charge < -0.3 is 14.6 Å². The van der Waals surface area contributed by atoms with Crippen LogP contribution in [0.3, 0.4) is 0 Å². The van der Waals surface area contributed by atoms with Crippen LogP contribution in [0.4, 0.5) is 5.82 Å². The van der Waals surface area contributed by atoms with E-state index in [2.05, 4.69) is 33.7 Å². The minimum absolute atomic E-state index is 0.588. The molecule has 6 heteroatoms. The second kappa shape index (κ2) is 5.58. The van der Waals surface area contributed by atoms with Crippen LogP contribution < -0.4 is 5.32 Å². The molecule has 1 aliphatic heterocycles. The molecule has 0 fully saturated rings. The van der Waals surface area contributed by atoms with Crippen LogP contribution in [0.1, 0.15) is 25.1 Å². The average Bonchev–Trinajstić information content (AvgIpc) is 2.96. The number of nitrogens with one attached hydrogen (secondary N) is 1. The van der Waals surface area contributed by atoms with E-state index in [4.69, 9.17) is 9.72 Å². The van der Waals surface area contributed by atoms with Gasteiger partial charge in [-0.1, -0.05) is 0 Å². The van der Waals surface area contributed by atoms with E-state index in [1.165, 1.54) is 0 Å². The Morgan fingerprint density at radius 3 is 3.05 bits per heavy atom. The summed E-state index contributed by atoms with van der Waals surface area (Å²) in [6.07, 6.45) is 4.47. The number of nitrogens with zero attached hydrogens (tertiary/aromatic N) is 4. The van der Waals surface area contributed by atoms with Gasteiger partial charge in [-0.05, 0) is 13.8 Å². The van der Waals surface area contributed by atoms with Gasteiger partial charge in [-0.25, -0.2) is 15.0 Å². The van der Waals surface area contributed by atoms with Crippen molar-refractivity contribution in [2.24, 2.45) is 0 Å². The molecule has 3 heterocycles. The van der Waals surface area contributed by atoms with Crippen molar-refractivity contribution in [3.05, 3.63) is 23.8 Å². The zero-order valence-corrected chi connectivity index (χ0v) is 11.9. The molecule has 0 radical (unpaired) electrons. The monoisotopic (exact) mass is 273 g/mol. The number of fused-ring (bicyclic) bond motifs is 1. The SMILES string of the molecule is CCNc1nc(-c2cncn2CC)nc2c1COCC2. The second-order valence-corrected chi connectivity index (χ2v) is 4.72. The summed E-state index contributed by atoms with van der Waals surface area (Å²) in [5.74, 6) is 1.62. The Hall–Kier alpha value is -1.95. The number of rotatable bonds is 4. The average molecular weight is 273 g/mol. The molecule has 0 amide bonds. The summed E-state index contributed by atoms with van der Waals surface area (Å²) < 4.78 is 7.57. The van der Waals surface area contributed by atoms with Crippen molar-refractivity contribution in [1.82, 2.24) is 19.5 Å². The third kappa shape index (κ3) is 2.27. The van der Waals surface area contributed by atoms with Crippen LogP contribution >= 0.6 is 0 Å². The molecular formula is C14H19N5O. The molecule has 0 atom stereocenters. The number of hydrogen-bond donors (Lipinski definition) is 1. The molecule has 3 rings (SSSR count). The van der Waals surface area contributed by atoms with E-state index in [1.54, 1.807) is 0 Å². The third-order valence-electron chi connectivity index (χ3n) is 3.45. The lowest BCUT2D eigenvalue weighted by atomic mass is 10.1. The first-order valence-electron chi connectivity index (χ1n) is 7.05. The summed E-state index contributed by atoms with van der Waals surface area (Å²) in [7, 11) is 0. The predicted molar refractivity (Wildman–Crippen MR) is 76.5 cm³/mol. The van der Waals surface area contributed by atoms with E-state index in [9.17, 15) is 0 Å². The molecule has 0 aliphatic carbocycles. The van der Waals surface area contributed by atoms with Crippen molar-refractivity contribution in [2.45, 2.75) is 33.4 Å². The quantitative estimate of drug-likeness (QED) is 0.921. The summed E-state index contributed by atoms with van der Waals surface area (Å²) in [5.41, 5.74) is 3.13. The van der Waals surface area contributed by atoms with E-state index in [0.717, 1.165) is 54.7 Å². The zero-order valence-electron chi connectivity index (χ0n) is 11.9. The van der Waals surface area contributed by atoms with Gasteiger partial charge in [0.25, 0.3) is 0 Å². The van der Waals surface area contributed by atoms with Crippen molar-refractivity contribution in [2.75, 3.05) is 18.5 Å². The topological polar surface area (TPSA) is 64.9 Å². The molecule has 20 heavy (non-hydrogen) atoms. The van der Waals surface area contributed by atoms with Gasteiger partial charge in [0.2, 0.25) is 0 Å². The normalized spacial score (nSPS) is 14.1. The highest BCUT2D eigenvalue weighted by Gasteiger charge is 2.19. The van der Waals surface area contributed by atoms with Gasteiger partial charge in [-0.2, -0.15) is 0 Å². The Morgan fingerprint density at radius 2 is 2.25 bits per heavy atom. The van der Waals surface area contributed by atoms with Gasteiger partial charge in [0.1, 0.15) is 11.5 Å². The van der Waals surface area contributed by atoms with E-state index in [1.807, 2.05) is 12.5 Å². The van der Waals surface area contributed by atoms with Crippen LogP contribution in [-0.2, 0) is 24.3 Å². The van der Waals surface area contributed by atoms with Gasteiger partial charge in [-0.15, -0.1) is 0 Å². The van der Waals surface area contributed by atoms with Crippen molar-refractivity contribution in [3.63, 3.8) is 0 Å². The molecule has 0 saturated carbocycles. The van der Waals surface area contributed by atoms with Crippen LogP contribution in [0.2, 0.25) is 0 Å². The Bertz CT molecular complexity index is 608. The molecule has 0 spiro atoms. The van der Waals surface area contributed by atoms with E-state index >= 15 is 0 Å². The first-order chi connectivity index (χ1) is 9.83. The number of imidazole rings is 1. The maximum Gasteiger partial charge on any atom is 0.180 e.